The third kappa shape index (κ3) is 2.34. The van der Waals surface area contributed by atoms with Crippen LogP contribution in [0.3, 0.4) is 0 Å². The highest BCUT2D eigenvalue weighted by Crippen LogP contribution is 2.26. The molecular weight excluding hydrogens is 228 g/mol. The van der Waals surface area contributed by atoms with Gasteiger partial charge in [0.15, 0.2) is 0 Å². The number of carbonyl (C=O) groups is 1. The van der Waals surface area contributed by atoms with Gasteiger partial charge in [-0.15, -0.1) is 0 Å². The first kappa shape index (κ1) is 12.9. The zero-order valence-electron chi connectivity index (χ0n) is 11.1. The van der Waals surface area contributed by atoms with Crippen molar-refractivity contribution in [3.05, 3.63) is 29.8 Å². The van der Waals surface area contributed by atoms with Crippen LogP contribution in [-0.2, 0) is 4.79 Å². The van der Waals surface area contributed by atoms with Crippen molar-refractivity contribution in [3.63, 3.8) is 0 Å². The van der Waals surface area contributed by atoms with Gasteiger partial charge < -0.3 is 9.64 Å². The van der Waals surface area contributed by atoms with Gasteiger partial charge in [0.25, 0.3) is 0 Å². The molecule has 1 aliphatic heterocycles. The number of hydrogen-bond acceptors (Lipinski definition) is 3. The van der Waals surface area contributed by atoms with Crippen molar-refractivity contribution in [2.24, 2.45) is 0 Å². The van der Waals surface area contributed by atoms with Crippen LogP contribution in [0.5, 0.6) is 5.75 Å². The summed E-state index contributed by atoms with van der Waals surface area (Å²) < 4.78 is 5.42. The van der Waals surface area contributed by atoms with E-state index in [1.807, 2.05) is 49.9 Å². The van der Waals surface area contributed by atoms with Crippen molar-refractivity contribution >= 4 is 5.91 Å². The Hall–Kier alpha value is -1.55. The fraction of sp³-hybridized carbons (Fsp3) is 0.500. The summed E-state index contributed by atoms with van der Waals surface area (Å²) >= 11 is 0. The Bertz CT molecular complexity index is 416. The van der Waals surface area contributed by atoms with Gasteiger partial charge in [-0.1, -0.05) is 12.1 Å². The Labute approximate surface area is 108 Å². The number of nitrogens with zero attached hydrogens (tertiary/aromatic N) is 1. The lowest BCUT2D eigenvalue weighted by Crippen LogP contribution is -2.30. The summed E-state index contributed by atoms with van der Waals surface area (Å²) in [5.74, 6) is 1.03. The standard InChI is InChI=1S/C14H20N2O2/c1-4-16-13(15-10(3)14(16)17)11-6-8-12(9-7-11)18-5-2/h6-10,13,15H,4-5H2,1-3H3. The highest BCUT2D eigenvalue weighted by atomic mass is 16.5. The Morgan fingerprint density at radius 1 is 1.28 bits per heavy atom. The first-order valence-electron chi connectivity index (χ1n) is 6.46. The van der Waals surface area contributed by atoms with E-state index in [1.54, 1.807) is 0 Å². The van der Waals surface area contributed by atoms with Crippen molar-refractivity contribution in [1.82, 2.24) is 10.2 Å². The summed E-state index contributed by atoms with van der Waals surface area (Å²) in [5.41, 5.74) is 1.10. The van der Waals surface area contributed by atoms with Crippen LogP contribution < -0.4 is 10.1 Å². The maximum absolute atomic E-state index is 11.9. The molecule has 1 aromatic rings. The Morgan fingerprint density at radius 2 is 1.94 bits per heavy atom. The monoisotopic (exact) mass is 248 g/mol. The molecule has 1 saturated heterocycles. The summed E-state index contributed by atoms with van der Waals surface area (Å²) in [6.07, 6.45) is -0.0202. The van der Waals surface area contributed by atoms with Gasteiger partial charge in [-0.3, -0.25) is 10.1 Å². The highest BCUT2D eigenvalue weighted by molar-refractivity contribution is 5.84. The molecule has 2 rings (SSSR count). The molecule has 0 aliphatic carbocycles. The second-order valence-electron chi connectivity index (χ2n) is 4.42. The van der Waals surface area contributed by atoms with Gasteiger partial charge in [-0.2, -0.15) is 0 Å². The van der Waals surface area contributed by atoms with Gasteiger partial charge in [-0.25, -0.2) is 0 Å². The number of carbonyl (C=O) groups excluding carboxylic acids is 1. The number of nitrogens with one attached hydrogen (secondary N) is 1. The molecule has 1 heterocycles. The van der Waals surface area contributed by atoms with E-state index in [0.29, 0.717) is 13.2 Å². The molecular formula is C14H20N2O2. The van der Waals surface area contributed by atoms with E-state index in [1.165, 1.54) is 0 Å². The van der Waals surface area contributed by atoms with E-state index < -0.39 is 0 Å². The van der Waals surface area contributed by atoms with Crippen LogP contribution in [-0.4, -0.2) is 30.0 Å². The second-order valence-corrected chi connectivity index (χ2v) is 4.42. The molecule has 2 atom stereocenters. The van der Waals surface area contributed by atoms with E-state index in [2.05, 4.69) is 5.32 Å². The van der Waals surface area contributed by atoms with Crippen LogP contribution in [0.2, 0.25) is 0 Å². The third-order valence-corrected chi connectivity index (χ3v) is 3.22. The lowest BCUT2D eigenvalue weighted by molar-refractivity contribution is -0.129. The van der Waals surface area contributed by atoms with Gasteiger partial charge >= 0.3 is 0 Å². The third-order valence-electron chi connectivity index (χ3n) is 3.22. The van der Waals surface area contributed by atoms with Gasteiger partial charge in [0.05, 0.1) is 12.6 Å². The van der Waals surface area contributed by atoms with Gasteiger partial charge in [0.2, 0.25) is 5.91 Å². The number of benzene rings is 1. The van der Waals surface area contributed by atoms with Crippen molar-refractivity contribution in [3.8, 4) is 5.75 Å². The first-order valence-corrected chi connectivity index (χ1v) is 6.46. The molecule has 18 heavy (non-hydrogen) atoms. The predicted molar refractivity (Wildman–Crippen MR) is 70.3 cm³/mol. The van der Waals surface area contributed by atoms with E-state index in [0.717, 1.165) is 11.3 Å². The Kier molecular flexibility index (Phi) is 3.87. The second kappa shape index (κ2) is 5.40. The summed E-state index contributed by atoms with van der Waals surface area (Å²) in [6, 6.07) is 7.80. The van der Waals surface area contributed by atoms with Gasteiger partial charge in [0.1, 0.15) is 11.9 Å². The maximum Gasteiger partial charge on any atom is 0.241 e. The van der Waals surface area contributed by atoms with Crippen LogP contribution in [0.15, 0.2) is 24.3 Å². The molecule has 1 fully saturated rings. The summed E-state index contributed by atoms with van der Waals surface area (Å²) in [6.45, 7) is 7.25. The molecule has 0 radical (unpaired) electrons. The summed E-state index contributed by atoms with van der Waals surface area (Å²) in [4.78, 5) is 13.8. The number of ether oxygens (including phenoxy) is 1. The van der Waals surface area contributed by atoms with Gasteiger partial charge in [-0.05, 0) is 38.5 Å². The molecule has 1 amide bonds. The molecule has 1 aromatic carbocycles. The first-order chi connectivity index (χ1) is 8.67. The van der Waals surface area contributed by atoms with Crippen molar-refractivity contribution < 1.29 is 9.53 Å². The van der Waals surface area contributed by atoms with E-state index in [-0.39, 0.29) is 18.1 Å². The topological polar surface area (TPSA) is 41.6 Å². The maximum atomic E-state index is 11.9. The van der Waals surface area contributed by atoms with Crippen LogP contribution in [0.1, 0.15) is 32.5 Å². The summed E-state index contributed by atoms with van der Waals surface area (Å²) in [5, 5.41) is 3.31. The van der Waals surface area contributed by atoms with Crippen molar-refractivity contribution in [2.45, 2.75) is 33.0 Å². The molecule has 0 bridgehead atoms. The molecule has 0 aromatic heterocycles. The quantitative estimate of drug-likeness (QED) is 0.885. The Morgan fingerprint density at radius 3 is 2.50 bits per heavy atom. The van der Waals surface area contributed by atoms with Crippen LogP contribution in [0.25, 0.3) is 0 Å². The number of rotatable bonds is 4. The molecule has 4 heteroatoms. The Balaban J connectivity index is 2.18. The molecule has 1 N–H and O–H groups in total. The van der Waals surface area contributed by atoms with Gasteiger partial charge in [0, 0.05) is 6.54 Å². The molecule has 1 aliphatic rings. The zero-order valence-corrected chi connectivity index (χ0v) is 11.1. The molecule has 98 valence electrons. The fourth-order valence-corrected chi connectivity index (χ4v) is 2.30. The highest BCUT2D eigenvalue weighted by Gasteiger charge is 2.35. The van der Waals surface area contributed by atoms with E-state index >= 15 is 0 Å². The van der Waals surface area contributed by atoms with Crippen molar-refractivity contribution in [2.75, 3.05) is 13.2 Å². The SMILES string of the molecule is CCOc1ccc(C2NC(C)C(=O)N2CC)cc1. The van der Waals surface area contributed by atoms with Crippen LogP contribution in [0, 0.1) is 0 Å². The minimum absolute atomic E-state index is 0.0202. The lowest BCUT2D eigenvalue weighted by Gasteiger charge is -2.23. The average molecular weight is 248 g/mol. The number of amides is 1. The average Bonchev–Trinajstić information content (AvgIpc) is 2.67. The van der Waals surface area contributed by atoms with Crippen LogP contribution >= 0.6 is 0 Å². The van der Waals surface area contributed by atoms with E-state index in [9.17, 15) is 4.79 Å². The summed E-state index contributed by atoms with van der Waals surface area (Å²) in [7, 11) is 0. The molecule has 0 saturated carbocycles. The number of likely N-dealkylation sites (N-methyl/N-ethyl adjacent to an activating group) is 1. The largest absolute Gasteiger partial charge is 0.494 e. The van der Waals surface area contributed by atoms with E-state index in [4.69, 9.17) is 4.74 Å². The minimum atomic E-state index is -0.110. The molecule has 2 unspecified atom stereocenters. The molecule has 4 nitrogen and oxygen atoms in total. The molecule has 0 spiro atoms. The van der Waals surface area contributed by atoms with Crippen LogP contribution in [0.4, 0.5) is 0 Å². The lowest BCUT2D eigenvalue weighted by atomic mass is 10.1. The van der Waals surface area contributed by atoms with Crippen molar-refractivity contribution in [1.29, 1.82) is 0 Å². The fourth-order valence-electron chi connectivity index (χ4n) is 2.30. The zero-order chi connectivity index (χ0) is 13.1. The smallest absolute Gasteiger partial charge is 0.241 e. The predicted octanol–water partition coefficient (Wildman–Crippen LogP) is 1.92. The number of hydrogen-bond donors (Lipinski definition) is 1. The normalized spacial score (nSPS) is 23.5. The minimum Gasteiger partial charge on any atom is -0.494 e.